The van der Waals surface area contributed by atoms with Gasteiger partial charge in [0.15, 0.2) is 5.17 Å². The van der Waals surface area contributed by atoms with E-state index in [0.717, 1.165) is 33.3 Å². The van der Waals surface area contributed by atoms with E-state index in [4.69, 9.17) is 9.98 Å². The largest absolute Gasteiger partial charge is 0.271 e. The van der Waals surface area contributed by atoms with Crippen LogP contribution in [0.15, 0.2) is 118 Å². The Labute approximate surface area is 211 Å². The monoisotopic (exact) mass is 489 g/mol. The fourth-order valence-electron chi connectivity index (χ4n) is 4.01. The molecule has 0 bridgehead atoms. The third-order valence-corrected chi connectivity index (χ3v) is 7.39. The fourth-order valence-corrected chi connectivity index (χ4v) is 5.74. The Bertz CT molecular complexity index is 1590. The van der Waals surface area contributed by atoms with Crippen molar-refractivity contribution < 1.29 is 4.79 Å². The van der Waals surface area contributed by atoms with Gasteiger partial charge in [0.25, 0.3) is 5.91 Å². The lowest BCUT2D eigenvalue weighted by Gasteiger charge is -2.14. The van der Waals surface area contributed by atoms with E-state index in [0.29, 0.717) is 15.2 Å². The van der Waals surface area contributed by atoms with E-state index in [9.17, 15) is 4.79 Å². The molecule has 0 radical (unpaired) electrons. The number of thiazole rings is 1. The second kappa shape index (κ2) is 9.33. The number of anilines is 1. The van der Waals surface area contributed by atoms with Gasteiger partial charge >= 0.3 is 0 Å². The van der Waals surface area contributed by atoms with Crippen molar-refractivity contribution in [1.29, 1.82) is 0 Å². The van der Waals surface area contributed by atoms with Crippen LogP contribution in [0.3, 0.4) is 0 Å². The molecule has 6 heteroatoms. The molecular formula is C29H19N3OS2. The minimum Gasteiger partial charge on any atom is -0.268 e. The predicted molar refractivity (Wildman–Crippen MR) is 148 cm³/mol. The first kappa shape index (κ1) is 21.5. The third kappa shape index (κ3) is 4.30. The van der Waals surface area contributed by atoms with Crippen LogP contribution in [0.5, 0.6) is 0 Å². The Kier molecular flexibility index (Phi) is 5.74. The Morgan fingerprint density at radius 3 is 2.34 bits per heavy atom. The molecule has 0 N–H and O–H groups in total. The smallest absolute Gasteiger partial charge is 0.268 e. The van der Waals surface area contributed by atoms with Crippen molar-refractivity contribution >= 4 is 61.8 Å². The molecular weight excluding hydrogens is 470 g/mol. The summed E-state index contributed by atoms with van der Waals surface area (Å²) in [6, 6.07) is 34.0. The Morgan fingerprint density at radius 1 is 0.800 bits per heavy atom. The number of para-hydroxylation sites is 1. The quantitative estimate of drug-likeness (QED) is 0.242. The number of benzene rings is 4. The maximum Gasteiger partial charge on any atom is 0.271 e. The first-order valence-electron chi connectivity index (χ1n) is 11.1. The van der Waals surface area contributed by atoms with Gasteiger partial charge in [-0.2, -0.15) is 4.99 Å². The summed E-state index contributed by atoms with van der Waals surface area (Å²) in [5.74, 6) is -0.0901. The lowest BCUT2D eigenvalue weighted by Crippen LogP contribution is -2.28. The van der Waals surface area contributed by atoms with Crippen LogP contribution in [0.2, 0.25) is 0 Å². The molecule has 2 heterocycles. The second-order valence-corrected chi connectivity index (χ2v) is 9.78. The Morgan fingerprint density at radius 2 is 1.51 bits per heavy atom. The van der Waals surface area contributed by atoms with Gasteiger partial charge in [-0.25, -0.2) is 4.98 Å². The summed E-state index contributed by atoms with van der Waals surface area (Å²) in [6.45, 7) is 0. The summed E-state index contributed by atoms with van der Waals surface area (Å²) in [7, 11) is 0. The number of amidine groups is 1. The second-order valence-electron chi connectivity index (χ2n) is 7.93. The van der Waals surface area contributed by atoms with E-state index in [1.807, 2.05) is 96.4 Å². The molecule has 1 amide bonds. The van der Waals surface area contributed by atoms with Crippen molar-refractivity contribution in [2.45, 2.75) is 0 Å². The van der Waals surface area contributed by atoms with Crippen molar-refractivity contribution in [3.8, 4) is 11.3 Å². The number of hydrogen-bond acceptors (Lipinski definition) is 5. The average molecular weight is 490 g/mol. The van der Waals surface area contributed by atoms with Crippen LogP contribution in [0.25, 0.3) is 28.1 Å². The number of thioether (sulfide) groups is 1. The molecule has 1 aliphatic rings. The van der Waals surface area contributed by atoms with Crippen molar-refractivity contribution in [2.75, 3.05) is 4.90 Å². The van der Waals surface area contributed by atoms with Gasteiger partial charge < -0.3 is 0 Å². The first-order chi connectivity index (χ1) is 17.3. The Hall–Kier alpha value is -4.00. The van der Waals surface area contributed by atoms with E-state index < -0.39 is 0 Å². The van der Waals surface area contributed by atoms with Crippen LogP contribution in [0.4, 0.5) is 10.8 Å². The van der Waals surface area contributed by atoms with Crippen LogP contribution < -0.4 is 4.90 Å². The van der Waals surface area contributed by atoms with E-state index >= 15 is 0 Å². The maximum absolute atomic E-state index is 13.6. The first-order valence-corrected chi connectivity index (χ1v) is 12.8. The molecule has 1 saturated heterocycles. The Balaban J connectivity index is 1.42. The van der Waals surface area contributed by atoms with Crippen LogP contribution in [0.1, 0.15) is 5.56 Å². The summed E-state index contributed by atoms with van der Waals surface area (Å²) >= 11 is 2.85. The van der Waals surface area contributed by atoms with Gasteiger partial charge in [-0.15, -0.1) is 11.3 Å². The molecule has 1 aromatic heterocycles. The lowest BCUT2D eigenvalue weighted by molar-refractivity contribution is -0.113. The van der Waals surface area contributed by atoms with Crippen molar-refractivity contribution in [2.24, 2.45) is 4.99 Å². The molecule has 0 atom stereocenters. The highest BCUT2D eigenvalue weighted by molar-refractivity contribution is 8.19. The number of carbonyl (C=O) groups is 1. The van der Waals surface area contributed by atoms with E-state index in [-0.39, 0.29) is 5.91 Å². The minimum atomic E-state index is -0.0901. The van der Waals surface area contributed by atoms with E-state index in [2.05, 4.69) is 18.2 Å². The van der Waals surface area contributed by atoms with Crippen LogP contribution >= 0.6 is 23.1 Å². The van der Waals surface area contributed by atoms with E-state index in [1.54, 1.807) is 4.90 Å². The van der Waals surface area contributed by atoms with Gasteiger partial charge in [-0.1, -0.05) is 91.0 Å². The molecule has 0 unspecified atom stereocenters. The summed E-state index contributed by atoms with van der Waals surface area (Å²) < 4.78 is 0. The molecule has 35 heavy (non-hydrogen) atoms. The molecule has 168 valence electrons. The molecule has 4 nitrogen and oxygen atoms in total. The molecule has 1 aliphatic heterocycles. The fraction of sp³-hybridized carbons (Fsp3) is 0. The number of rotatable bonds is 4. The number of fused-ring (bicyclic) bond motifs is 1. The van der Waals surface area contributed by atoms with Crippen LogP contribution in [-0.4, -0.2) is 16.1 Å². The van der Waals surface area contributed by atoms with Gasteiger partial charge in [-0.05, 0) is 46.3 Å². The van der Waals surface area contributed by atoms with Crippen molar-refractivity contribution in [3.63, 3.8) is 0 Å². The minimum absolute atomic E-state index is 0.0901. The number of aromatic nitrogens is 1. The summed E-state index contributed by atoms with van der Waals surface area (Å²) in [4.78, 5) is 25.4. The number of nitrogens with zero attached hydrogens (tertiary/aromatic N) is 3. The number of aliphatic imine (C=N–C) groups is 1. The predicted octanol–water partition coefficient (Wildman–Crippen LogP) is 7.77. The zero-order valence-electron chi connectivity index (χ0n) is 18.5. The molecule has 6 rings (SSSR count). The number of amides is 1. The van der Waals surface area contributed by atoms with Crippen molar-refractivity contribution in [1.82, 2.24) is 4.98 Å². The number of hydrogen-bond donors (Lipinski definition) is 0. The average Bonchev–Trinajstić information content (AvgIpc) is 3.50. The zero-order chi connectivity index (χ0) is 23.6. The molecule has 0 saturated carbocycles. The molecule has 4 aromatic carbocycles. The SMILES string of the molecule is O=C1/C(=C/c2cccc3ccccc23)S/C(=N/c2nc(-c3ccccc3)cs2)N1c1ccccc1. The standard InChI is InChI=1S/C29H19N3OS2/c33-27-26(18-22-14-9-13-20-10-7-8-17-24(20)22)35-29(32(27)23-15-5-2-6-16-23)31-28-30-25(19-34-28)21-11-3-1-4-12-21/h1-19H/b26-18-,31-29+. The normalized spacial score (nSPS) is 16.0. The van der Waals surface area contributed by atoms with Gasteiger partial charge in [0.05, 0.1) is 16.3 Å². The highest BCUT2D eigenvalue weighted by Gasteiger charge is 2.35. The molecule has 0 spiro atoms. The highest BCUT2D eigenvalue weighted by Crippen LogP contribution is 2.39. The zero-order valence-corrected chi connectivity index (χ0v) is 20.2. The molecule has 1 fully saturated rings. The summed E-state index contributed by atoms with van der Waals surface area (Å²) in [6.07, 6.45) is 1.96. The molecule has 5 aromatic rings. The molecule has 0 aliphatic carbocycles. The van der Waals surface area contributed by atoms with Gasteiger partial charge in [0.2, 0.25) is 5.13 Å². The lowest BCUT2D eigenvalue weighted by atomic mass is 10.0. The van der Waals surface area contributed by atoms with Crippen LogP contribution in [0, 0.1) is 0 Å². The van der Waals surface area contributed by atoms with Gasteiger partial charge in [0.1, 0.15) is 0 Å². The highest BCUT2D eigenvalue weighted by atomic mass is 32.2. The van der Waals surface area contributed by atoms with Gasteiger partial charge in [0, 0.05) is 10.9 Å². The summed E-state index contributed by atoms with van der Waals surface area (Å²) in [5.41, 5.74) is 3.71. The van der Waals surface area contributed by atoms with Crippen LogP contribution in [-0.2, 0) is 4.79 Å². The topological polar surface area (TPSA) is 45.6 Å². The van der Waals surface area contributed by atoms with E-state index in [1.165, 1.54) is 23.1 Å². The third-order valence-electron chi connectivity index (χ3n) is 5.68. The summed E-state index contributed by atoms with van der Waals surface area (Å²) in [5, 5.41) is 5.46. The van der Waals surface area contributed by atoms with Crippen molar-refractivity contribution in [3.05, 3.63) is 119 Å². The number of carbonyl (C=O) groups excluding carboxylic acids is 1. The maximum atomic E-state index is 13.6. The van der Waals surface area contributed by atoms with Gasteiger partial charge in [-0.3, -0.25) is 9.69 Å².